The lowest BCUT2D eigenvalue weighted by Gasteiger charge is -2.45. The van der Waals surface area contributed by atoms with Crippen LogP contribution in [0.4, 0.5) is 0 Å². The lowest BCUT2D eigenvalue weighted by Crippen LogP contribution is -2.68. The summed E-state index contributed by atoms with van der Waals surface area (Å²) in [4.78, 5) is 0. The van der Waals surface area contributed by atoms with Crippen LogP contribution in [0.15, 0.2) is 84.5 Å². The SMILES string of the molecule is CC1=CCO[C@H](/C=C/[C@H](O)[C@H](CC#CCOC2CCCCO2)O[Si](c2ccccc2)(c2ccccc2)C(C)(C)C)C1. The predicted molar refractivity (Wildman–Crippen MR) is 168 cm³/mol. The summed E-state index contributed by atoms with van der Waals surface area (Å²) in [5, 5.41) is 13.7. The van der Waals surface area contributed by atoms with Crippen LogP contribution in [0.1, 0.15) is 59.8 Å². The maximum atomic E-state index is 11.6. The minimum absolute atomic E-state index is 0.0573. The molecule has 4 rings (SSSR count). The Labute approximate surface area is 247 Å². The monoisotopic (exact) mass is 574 g/mol. The summed E-state index contributed by atoms with van der Waals surface area (Å²) >= 11 is 0. The third-order valence-electron chi connectivity index (χ3n) is 7.82. The van der Waals surface area contributed by atoms with Gasteiger partial charge in [-0.25, -0.2) is 0 Å². The van der Waals surface area contributed by atoms with Gasteiger partial charge in [0.1, 0.15) is 6.61 Å². The van der Waals surface area contributed by atoms with Crippen molar-refractivity contribution >= 4 is 18.7 Å². The van der Waals surface area contributed by atoms with Crippen LogP contribution in [-0.2, 0) is 18.6 Å². The molecule has 4 atom stereocenters. The molecular weight excluding hydrogens is 528 g/mol. The number of aliphatic hydroxyl groups is 1. The molecule has 2 aromatic rings. The maximum absolute atomic E-state index is 11.6. The highest BCUT2D eigenvalue weighted by Gasteiger charge is 2.52. The Morgan fingerprint density at radius 1 is 1.00 bits per heavy atom. The molecule has 0 amide bonds. The zero-order valence-corrected chi connectivity index (χ0v) is 26.1. The zero-order chi connectivity index (χ0) is 29.1. The van der Waals surface area contributed by atoms with Crippen LogP contribution in [0.2, 0.25) is 5.04 Å². The third-order valence-corrected chi connectivity index (χ3v) is 12.9. The Hall–Kier alpha value is -2.50. The standard InChI is InChI=1S/C35H46O5Si/c1-28-23-26-37-29(27-28)21-22-32(36)33(19-11-13-24-38-34-20-12-14-25-39-34)40-41(35(2,3)4,30-15-7-5-8-16-30)31-17-9-6-10-18-31/h5-10,15-18,21-23,29,32-34,36H,12,14,19-20,24-27H2,1-4H3/b22-21+/t29-,32+,33+,34?/m1/s1. The van der Waals surface area contributed by atoms with Gasteiger partial charge in [-0.3, -0.25) is 0 Å². The van der Waals surface area contributed by atoms with E-state index in [1.807, 2.05) is 24.3 Å². The molecule has 5 nitrogen and oxygen atoms in total. The fourth-order valence-electron chi connectivity index (χ4n) is 5.61. The molecule has 2 heterocycles. The van der Waals surface area contributed by atoms with Crippen LogP contribution < -0.4 is 10.4 Å². The van der Waals surface area contributed by atoms with Crippen LogP contribution in [0.3, 0.4) is 0 Å². The van der Waals surface area contributed by atoms with Gasteiger partial charge in [-0.15, -0.1) is 0 Å². The molecule has 41 heavy (non-hydrogen) atoms. The number of rotatable bonds is 10. The molecule has 0 bridgehead atoms. The van der Waals surface area contributed by atoms with E-state index in [-0.39, 0.29) is 17.4 Å². The molecule has 2 aromatic carbocycles. The molecule has 2 aliphatic heterocycles. The van der Waals surface area contributed by atoms with Gasteiger partial charge in [0.05, 0.1) is 24.9 Å². The third kappa shape index (κ3) is 8.51. The van der Waals surface area contributed by atoms with Crippen molar-refractivity contribution in [2.45, 2.75) is 89.4 Å². The Balaban J connectivity index is 1.63. The summed E-state index contributed by atoms with van der Waals surface area (Å²) in [6.07, 6.45) is 8.57. The molecule has 0 radical (unpaired) electrons. The summed E-state index contributed by atoms with van der Waals surface area (Å²) in [6, 6.07) is 21.0. The summed E-state index contributed by atoms with van der Waals surface area (Å²) in [5.41, 5.74) is 1.30. The van der Waals surface area contributed by atoms with Gasteiger partial charge < -0.3 is 23.7 Å². The molecule has 1 saturated heterocycles. The average Bonchev–Trinajstić information content (AvgIpc) is 2.98. The van der Waals surface area contributed by atoms with E-state index in [0.29, 0.717) is 19.6 Å². The van der Waals surface area contributed by atoms with Crippen molar-refractivity contribution in [3.05, 3.63) is 84.5 Å². The van der Waals surface area contributed by atoms with Gasteiger partial charge in [0.2, 0.25) is 0 Å². The van der Waals surface area contributed by atoms with E-state index in [4.69, 9.17) is 18.6 Å². The van der Waals surface area contributed by atoms with Gasteiger partial charge in [-0.05, 0) is 48.0 Å². The minimum Gasteiger partial charge on any atom is -0.401 e. The predicted octanol–water partition coefficient (Wildman–Crippen LogP) is 5.52. The quantitative estimate of drug-likeness (QED) is 0.230. The summed E-state index contributed by atoms with van der Waals surface area (Å²) in [5.74, 6) is 6.41. The molecule has 0 aromatic heterocycles. The highest BCUT2D eigenvalue weighted by atomic mass is 28.4. The first-order valence-corrected chi connectivity index (χ1v) is 16.8. The van der Waals surface area contributed by atoms with Gasteiger partial charge in [-0.1, -0.05) is 117 Å². The second-order valence-corrected chi connectivity index (χ2v) is 16.2. The zero-order valence-electron chi connectivity index (χ0n) is 25.1. The lowest BCUT2D eigenvalue weighted by molar-refractivity contribution is -0.154. The Kier molecular flexibility index (Phi) is 11.6. The topological polar surface area (TPSA) is 57.2 Å². The van der Waals surface area contributed by atoms with Crippen molar-refractivity contribution in [1.82, 2.24) is 0 Å². The van der Waals surface area contributed by atoms with Gasteiger partial charge in [0.15, 0.2) is 6.29 Å². The molecule has 220 valence electrons. The lowest BCUT2D eigenvalue weighted by atomic mass is 10.0. The first kappa shape index (κ1) is 31.4. The second-order valence-electron chi connectivity index (χ2n) is 12.0. The molecule has 2 aliphatic rings. The number of hydrogen-bond acceptors (Lipinski definition) is 5. The van der Waals surface area contributed by atoms with Gasteiger partial charge in [0, 0.05) is 13.0 Å². The molecule has 0 saturated carbocycles. The first-order chi connectivity index (χ1) is 19.8. The molecule has 0 spiro atoms. The fraction of sp³-hybridized carbons (Fsp3) is 0.486. The van der Waals surface area contributed by atoms with Gasteiger partial charge >= 0.3 is 0 Å². The van der Waals surface area contributed by atoms with Crippen LogP contribution in [0.25, 0.3) is 0 Å². The summed E-state index contributed by atoms with van der Waals surface area (Å²) in [7, 11) is -2.90. The molecule has 6 heteroatoms. The normalized spacial score (nSPS) is 21.5. The van der Waals surface area contributed by atoms with E-state index >= 15 is 0 Å². The van der Waals surface area contributed by atoms with Crippen molar-refractivity contribution in [2.24, 2.45) is 0 Å². The Morgan fingerprint density at radius 2 is 1.68 bits per heavy atom. The van der Waals surface area contributed by atoms with E-state index in [9.17, 15) is 5.11 Å². The molecule has 1 N–H and O–H groups in total. The van der Waals surface area contributed by atoms with Crippen LogP contribution in [-0.4, -0.2) is 57.8 Å². The average molecular weight is 575 g/mol. The summed E-state index contributed by atoms with van der Waals surface area (Å²) < 4.78 is 24.7. The van der Waals surface area contributed by atoms with Crippen LogP contribution >= 0.6 is 0 Å². The Morgan fingerprint density at radius 3 is 2.27 bits per heavy atom. The molecule has 0 aliphatic carbocycles. The van der Waals surface area contributed by atoms with E-state index in [1.54, 1.807) is 0 Å². The minimum atomic E-state index is -2.90. The summed E-state index contributed by atoms with van der Waals surface area (Å²) in [6.45, 7) is 10.5. The number of ether oxygens (including phenoxy) is 3. The van der Waals surface area contributed by atoms with Crippen molar-refractivity contribution in [1.29, 1.82) is 0 Å². The van der Waals surface area contributed by atoms with Crippen molar-refractivity contribution in [3.63, 3.8) is 0 Å². The van der Waals surface area contributed by atoms with Gasteiger partial charge in [-0.2, -0.15) is 0 Å². The largest absolute Gasteiger partial charge is 0.401 e. The maximum Gasteiger partial charge on any atom is 0.261 e. The fourth-order valence-corrected chi connectivity index (χ4v) is 10.3. The number of aliphatic hydroxyl groups excluding tert-OH is 1. The van der Waals surface area contributed by atoms with Crippen molar-refractivity contribution < 1.29 is 23.7 Å². The number of hydrogen-bond donors (Lipinski definition) is 1. The van der Waals surface area contributed by atoms with Gasteiger partial charge in [0.25, 0.3) is 8.32 Å². The van der Waals surface area contributed by atoms with Crippen LogP contribution in [0, 0.1) is 11.8 Å². The smallest absolute Gasteiger partial charge is 0.261 e. The second kappa shape index (κ2) is 15.1. The van der Waals surface area contributed by atoms with E-state index in [2.05, 4.69) is 94.1 Å². The highest BCUT2D eigenvalue weighted by Crippen LogP contribution is 2.38. The van der Waals surface area contributed by atoms with E-state index in [0.717, 1.165) is 32.3 Å². The molecular formula is C35H46O5Si. The van der Waals surface area contributed by atoms with Crippen LogP contribution in [0.5, 0.6) is 0 Å². The Bertz CT molecular complexity index is 1150. The van der Waals surface area contributed by atoms with E-state index < -0.39 is 20.5 Å². The van der Waals surface area contributed by atoms with Crippen molar-refractivity contribution in [3.8, 4) is 11.8 Å². The van der Waals surface area contributed by atoms with E-state index in [1.165, 1.54) is 15.9 Å². The van der Waals surface area contributed by atoms with Crippen molar-refractivity contribution in [2.75, 3.05) is 19.8 Å². The number of benzene rings is 2. The highest BCUT2D eigenvalue weighted by molar-refractivity contribution is 6.99. The first-order valence-electron chi connectivity index (χ1n) is 14.9. The molecule has 1 unspecified atom stereocenters. The molecule has 1 fully saturated rings.